The molecule has 1 fully saturated rings. The number of ether oxygens (including phenoxy) is 1. The van der Waals surface area contributed by atoms with Crippen molar-refractivity contribution in [3.8, 4) is 0 Å². The third-order valence-electron chi connectivity index (χ3n) is 4.21. The number of piperazine rings is 1. The largest absolute Gasteiger partial charge is 0.371 e. The average Bonchev–Trinajstić information content (AvgIpc) is 3.24. The van der Waals surface area contributed by atoms with E-state index in [2.05, 4.69) is 20.0 Å². The van der Waals surface area contributed by atoms with Crippen molar-refractivity contribution in [2.75, 3.05) is 32.8 Å². The molecule has 1 aliphatic rings. The summed E-state index contributed by atoms with van der Waals surface area (Å²) in [7, 11) is 1.85. The molecule has 0 aromatic carbocycles. The van der Waals surface area contributed by atoms with Gasteiger partial charge >= 0.3 is 0 Å². The number of carbonyl (C=O) groups is 1. The van der Waals surface area contributed by atoms with Gasteiger partial charge in [-0.25, -0.2) is 4.98 Å². The van der Waals surface area contributed by atoms with Gasteiger partial charge in [0.05, 0.1) is 12.9 Å². The number of carbonyl (C=O) groups excluding carboxylic acids is 1. The van der Waals surface area contributed by atoms with Gasteiger partial charge in [0.25, 0.3) is 5.91 Å². The van der Waals surface area contributed by atoms with Crippen molar-refractivity contribution in [1.29, 1.82) is 0 Å². The van der Waals surface area contributed by atoms with E-state index in [4.69, 9.17) is 9.26 Å². The topological polar surface area (TPSA) is 89.5 Å². The average molecular weight is 348 g/mol. The fourth-order valence-corrected chi connectivity index (χ4v) is 2.81. The zero-order chi connectivity index (χ0) is 17.8. The molecule has 1 atom stereocenters. The van der Waals surface area contributed by atoms with Crippen molar-refractivity contribution in [2.24, 2.45) is 7.05 Å². The van der Waals surface area contributed by atoms with Crippen molar-refractivity contribution < 1.29 is 14.1 Å². The Balaban J connectivity index is 1.50. The predicted octanol–water partition coefficient (Wildman–Crippen LogP) is 0.859. The second-order valence-corrected chi connectivity index (χ2v) is 6.14. The minimum Gasteiger partial charge on any atom is -0.371 e. The number of rotatable bonds is 6. The van der Waals surface area contributed by atoms with Crippen molar-refractivity contribution in [3.63, 3.8) is 0 Å². The van der Waals surface area contributed by atoms with Gasteiger partial charge in [-0.15, -0.1) is 0 Å². The molecule has 0 aliphatic carbocycles. The molecule has 0 saturated carbocycles. The molecule has 136 valence electrons. The lowest BCUT2D eigenvalue weighted by atomic mass is 10.3. The molecule has 3 rings (SSSR count). The van der Waals surface area contributed by atoms with E-state index in [1.54, 1.807) is 17.1 Å². The molecule has 0 spiro atoms. The highest BCUT2D eigenvalue weighted by molar-refractivity contribution is 5.92. The second kappa shape index (κ2) is 7.75. The maximum Gasteiger partial charge on any atom is 0.274 e. The Morgan fingerprint density at radius 2 is 2.12 bits per heavy atom. The normalized spacial score (nSPS) is 17.0. The first-order valence-electron chi connectivity index (χ1n) is 8.50. The molecule has 3 heterocycles. The first-order valence-corrected chi connectivity index (χ1v) is 8.50. The number of aromatic nitrogens is 4. The molecule has 0 radical (unpaired) electrons. The molecule has 1 aliphatic heterocycles. The van der Waals surface area contributed by atoms with E-state index < -0.39 is 0 Å². The van der Waals surface area contributed by atoms with Crippen LogP contribution in [-0.4, -0.2) is 68.2 Å². The van der Waals surface area contributed by atoms with Crippen LogP contribution in [0.25, 0.3) is 0 Å². The van der Waals surface area contributed by atoms with E-state index in [9.17, 15) is 4.79 Å². The number of aryl methyl sites for hydroxylation is 1. The zero-order valence-corrected chi connectivity index (χ0v) is 14.9. The molecule has 0 N–H and O–H groups in total. The zero-order valence-electron chi connectivity index (χ0n) is 14.9. The highest BCUT2D eigenvalue weighted by Crippen LogP contribution is 2.15. The monoisotopic (exact) mass is 348 g/mol. The molecule has 1 unspecified atom stereocenters. The number of nitrogens with zero attached hydrogens (tertiary/aromatic N) is 6. The summed E-state index contributed by atoms with van der Waals surface area (Å²) < 4.78 is 12.5. The van der Waals surface area contributed by atoms with Crippen LogP contribution >= 0.6 is 0 Å². The summed E-state index contributed by atoms with van der Waals surface area (Å²) in [4.78, 5) is 24.9. The van der Waals surface area contributed by atoms with Gasteiger partial charge < -0.3 is 18.7 Å². The Morgan fingerprint density at radius 3 is 2.76 bits per heavy atom. The minimum atomic E-state index is -0.171. The molecule has 1 saturated heterocycles. The maximum absolute atomic E-state index is 12.4. The van der Waals surface area contributed by atoms with Gasteiger partial charge in [0, 0.05) is 46.0 Å². The summed E-state index contributed by atoms with van der Waals surface area (Å²) in [6.45, 7) is 7.87. The van der Waals surface area contributed by atoms with E-state index in [-0.39, 0.29) is 12.0 Å². The van der Waals surface area contributed by atoms with E-state index in [1.807, 2.05) is 25.8 Å². The van der Waals surface area contributed by atoms with Gasteiger partial charge in [0.15, 0.2) is 5.82 Å². The summed E-state index contributed by atoms with van der Waals surface area (Å²) in [6, 6.07) is 0. The minimum absolute atomic E-state index is 0.0223. The maximum atomic E-state index is 12.4. The summed E-state index contributed by atoms with van der Waals surface area (Å²) in [5.74, 6) is 1.12. The van der Waals surface area contributed by atoms with Crippen molar-refractivity contribution in [1.82, 2.24) is 29.5 Å². The lowest BCUT2D eigenvalue weighted by Crippen LogP contribution is -2.48. The van der Waals surface area contributed by atoms with Gasteiger partial charge in [-0.05, 0) is 13.8 Å². The smallest absolute Gasteiger partial charge is 0.274 e. The molecule has 9 nitrogen and oxygen atoms in total. The van der Waals surface area contributed by atoms with Crippen LogP contribution in [0.15, 0.2) is 17.0 Å². The number of hydrogen-bond acceptors (Lipinski definition) is 7. The van der Waals surface area contributed by atoms with Gasteiger partial charge in [0.1, 0.15) is 11.8 Å². The summed E-state index contributed by atoms with van der Waals surface area (Å²) >= 11 is 0. The van der Waals surface area contributed by atoms with E-state index >= 15 is 0 Å². The van der Waals surface area contributed by atoms with Crippen LogP contribution in [0.5, 0.6) is 0 Å². The molecule has 2 aromatic rings. The van der Waals surface area contributed by atoms with E-state index in [1.165, 1.54) is 0 Å². The van der Waals surface area contributed by atoms with Crippen LogP contribution in [-0.2, 0) is 18.3 Å². The lowest BCUT2D eigenvalue weighted by Gasteiger charge is -2.33. The summed E-state index contributed by atoms with van der Waals surface area (Å²) in [6.07, 6.45) is 3.21. The highest BCUT2D eigenvalue weighted by atomic mass is 16.5. The van der Waals surface area contributed by atoms with Gasteiger partial charge in [0.2, 0.25) is 5.89 Å². The van der Waals surface area contributed by atoms with Crippen LogP contribution in [0.2, 0.25) is 0 Å². The lowest BCUT2D eigenvalue weighted by molar-refractivity contribution is 0.0610. The van der Waals surface area contributed by atoms with Crippen molar-refractivity contribution in [2.45, 2.75) is 26.5 Å². The second-order valence-electron chi connectivity index (χ2n) is 6.14. The number of imidazole rings is 1. The molecule has 2 aromatic heterocycles. The van der Waals surface area contributed by atoms with Crippen LogP contribution < -0.4 is 0 Å². The molecule has 1 amide bonds. The first-order chi connectivity index (χ1) is 12.1. The SMILES string of the molecule is CCOC(C)c1noc(CN2CCN(C(=O)c3cn(C)cn3)CC2)n1. The Labute approximate surface area is 146 Å². The summed E-state index contributed by atoms with van der Waals surface area (Å²) in [5.41, 5.74) is 0.488. The van der Waals surface area contributed by atoms with E-state index in [0.29, 0.717) is 43.7 Å². The molecule has 9 heteroatoms. The molecular formula is C16H24N6O3. The standard InChI is InChI=1S/C16H24N6O3/c1-4-24-12(2)15-18-14(25-19-15)10-21-5-7-22(8-6-21)16(23)13-9-20(3)11-17-13/h9,11-12H,4-8,10H2,1-3H3. The molecular weight excluding hydrogens is 324 g/mol. The first kappa shape index (κ1) is 17.6. The Kier molecular flexibility index (Phi) is 5.44. The third-order valence-corrected chi connectivity index (χ3v) is 4.21. The van der Waals surface area contributed by atoms with Crippen molar-refractivity contribution >= 4 is 5.91 Å². The van der Waals surface area contributed by atoms with Crippen LogP contribution in [0, 0.1) is 0 Å². The van der Waals surface area contributed by atoms with Crippen molar-refractivity contribution in [3.05, 3.63) is 29.9 Å². The Bertz CT molecular complexity index is 704. The fraction of sp³-hybridized carbons (Fsp3) is 0.625. The van der Waals surface area contributed by atoms with Crippen LogP contribution in [0.1, 0.15) is 42.2 Å². The van der Waals surface area contributed by atoms with E-state index in [0.717, 1.165) is 13.1 Å². The third kappa shape index (κ3) is 4.23. The molecule has 25 heavy (non-hydrogen) atoms. The van der Waals surface area contributed by atoms with Gasteiger partial charge in [-0.3, -0.25) is 9.69 Å². The van der Waals surface area contributed by atoms with Crippen LogP contribution in [0.4, 0.5) is 0 Å². The number of amides is 1. The highest BCUT2D eigenvalue weighted by Gasteiger charge is 2.25. The Morgan fingerprint density at radius 1 is 1.36 bits per heavy atom. The van der Waals surface area contributed by atoms with Crippen LogP contribution in [0.3, 0.4) is 0 Å². The number of hydrogen-bond donors (Lipinski definition) is 0. The van der Waals surface area contributed by atoms with Gasteiger partial charge in [-0.1, -0.05) is 5.16 Å². The van der Waals surface area contributed by atoms with Gasteiger partial charge in [-0.2, -0.15) is 4.98 Å². The fourth-order valence-electron chi connectivity index (χ4n) is 2.81. The summed E-state index contributed by atoms with van der Waals surface area (Å²) in [5, 5.41) is 3.97. The predicted molar refractivity (Wildman–Crippen MR) is 88.7 cm³/mol. The molecule has 0 bridgehead atoms. The quantitative estimate of drug-likeness (QED) is 0.765. The Hall–Kier alpha value is -2.26.